The first kappa shape index (κ1) is 18.7. The molecule has 6 nitrogen and oxygen atoms in total. The number of allylic oxidation sites excluding steroid dienone is 2. The number of benzene rings is 2. The minimum absolute atomic E-state index is 0.0434. The van der Waals surface area contributed by atoms with E-state index in [2.05, 4.69) is 5.32 Å². The van der Waals surface area contributed by atoms with Gasteiger partial charge in [0.05, 0.1) is 17.1 Å². The molecular weight excluding hydrogens is 364 g/mol. The van der Waals surface area contributed by atoms with Crippen LogP contribution in [0.4, 0.5) is 11.4 Å². The van der Waals surface area contributed by atoms with E-state index in [9.17, 15) is 14.9 Å². The molecule has 0 saturated carbocycles. The van der Waals surface area contributed by atoms with Crippen LogP contribution in [0.25, 0.3) is 4.91 Å². The van der Waals surface area contributed by atoms with E-state index in [1.807, 2.05) is 36.4 Å². The number of thioether (sulfide) groups is 1. The maximum absolute atomic E-state index is 12.3. The van der Waals surface area contributed by atoms with Gasteiger partial charge >= 0.3 is 5.97 Å². The summed E-state index contributed by atoms with van der Waals surface area (Å²) in [5.74, 6) is -0.363. The van der Waals surface area contributed by atoms with Crippen molar-refractivity contribution in [2.75, 3.05) is 11.9 Å². The molecule has 2 aromatic carbocycles. The number of nitrogens with one attached hydrogen (secondary N) is 1. The summed E-state index contributed by atoms with van der Waals surface area (Å²) >= 11 is 1.47. The van der Waals surface area contributed by atoms with Crippen molar-refractivity contribution < 1.29 is 14.5 Å². The quantitative estimate of drug-likeness (QED) is 0.446. The smallest absolute Gasteiger partial charge is 0.337 e. The molecule has 0 aliphatic carbocycles. The number of nitrogens with zero attached hydrogens (tertiary/aromatic N) is 1. The lowest BCUT2D eigenvalue weighted by atomic mass is 10.1. The number of nitro groups is 1. The van der Waals surface area contributed by atoms with E-state index >= 15 is 0 Å². The van der Waals surface area contributed by atoms with Gasteiger partial charge in [0.15, 0.2) is 0 Å². The van der Waals surface area contributed by atoms with Crippen LogP contribution in [-0.2, 0) is 9.53 Å². The minimum Gasteiger partial charge on any atom is -0.463 e. The molecule has 1 aliphatic heterocycles. The number of esters is 1. The van der Waals surface area contributed by atoms with Gasteiger partial charge in [0.1, 0.15) is 5.37 Å². The summed E-state index contributed by atoms with van der Waals surface area (Å²) in [6.07, 6.45) is 3.58. The lowest BCUT2D eigenvalue weighted by molar-refractivity contribution is -0.384. The zero-order valence-corrected chi connectivity index (χ0v) is 15.4. The molecule has 0 fully saturated rings. The van der Waals surface area contributed by atoms with E-state index in [0.29, 0.717) is 12.2 Å². The minimum atomic E-state index is -0.426. The Labute approximate surface area is 161 Å². The molecule has 7 heteroatoms. The molecule has 1 N–H and O–H groups in total. The number of hydrogen-bond donors (Lipinski definition) is 1. The molecule has 0 radical (unpaired) electrons. The van der Waals surface area contributed by atoms with E-state index < -0.39 is 4.92 Å². The fraction of sp³-hybridized carbons (Fsp3) is 0.150. The number of carbonyl (C=O) groups excluding carboxylic acids is 1. The van der Waals surface area contributed by atoms with Crippen LogP contribution >= 0.6 is 11.8 Å². The fourth-order valence-corrected chi connectivity index (χ4v) is 3.75. The molecule has 138 valence electrons. The van der Waals surface area contributed by atoms with Gasteiger partial charge in [0.25, 0.3) is 5.69 Å². The highest BCUT2D eigenvalue weighted by Gasteiger charge is 2.27. The van der Waals surface area contributed by atoms with Gasteiger partial charge in [-0.1, -0.05) is 30.0 Å². The summed E-state index contributed by atoms with van der Waals surface area (Å²) in [4.78, 5) is 23.6. The molecule has 0 saturated heterocycles. The second kappa shape index (κ2) is 8.55. The fourth-order valence-electron chi connectivity index (χ4n) is 2.58. The molecule has 0 bridgehead atoms. The molecule has 27 heavy (non-hydrogen) atoms. The Morgan fingerprint density at radius 1 is 1.15 bits per heavy atom. The Morgan fingerprint density at radius 3 is 2.48 bits per heavy atom. The number of hydrogen-bond acceptors (Lipinski definition) is 6. The first-order valence-corrected chi connectivity index (χ1v) is 9.28. The highest BCUT2D eigenvalue weighted by Crippen LogP contribution is 2.39. The Morgan fingerprint density at radius 2 is 1.85 bits per heavy atom. The molecular formula is C20H18N2O4S. The van der Waals surface area contributed by atoms with Crippen molar-refractivity contribution in [3.05, 3.63) is 88.0 Å². The molecule has 1 heterocycles. The third kappa shape index (κ3) is 4.57. The zero-order valence-electron chi connectivity index (χ0n) is 14.6. The van der Waals surface area contributed by atoms with Gasteiger partial charge in [0.2, 0.25) is 0 Å². The number of para-hydroxylation sites is 1. The second-order valence-corrected chi connectivity index (χ2v) is 6.83. The first-order chi connectivity index (χ1) is 13.1. The average Bonchev–Trinajstić information content (AvgIpc) is 2.69. The topological polar surface area (TPSA) is 81.5 Å². The molecule has 1 atom stereocenters. The third-order valence-electron chi connectivity index (χ3n) is 3.89. The van der Waals surface area contributed by atoms with Crippen molar-refractivity contribution in [1.82, 2.24) is 0 Å². The van der Waals surface area contributed by atoms with Crippen molar-refractivity contribution in [2.45, 2.75) is 12.3 Å². The van der Waals surface area contributed by atoms with Gasteiger partial charge in [-0.3, -0.25) is 10.1 Å². The summed E-state index contributed by atoms with van der Waals surface area (Å²) < 4.78 is 5.17. The van der Waals surface area contributed by atoms with Crippen molar-refractivity contribution in [1.29, 1.82) is 0 Å². The summed E-state index contributed by atoms with van der Waals surface area (Å²) in [7, 11) is 0. The van der Waals surface area contributed by atoms with E-state index in [1.54, 1.807) is 25.1 Å². The second-order valence-electron chi connectivity index (χ2n) is 5.69. The van der Waals surface area contributed by atoms with Gasteiger partial charge in [-0.25, -0.2) is 4.79 Å². The van der Waals surface area contributed by atoms with Gasteiger partial charge in [-0.15, -0.1) is 0 Å². The molecule has 1 unspecified atom stereocenters. The van der Waals surface area contributed by atoms with Gasteiger partial charge in [-0.05, 0) is 48.9 Å². The van der Waals surface area contributed by atoms with Crippen molar-refractivity contribution >= 4 is 34.0 Å². The third-order valence-corrected chi connectivity index (χ3v) is 5.12. The predicted octanol–water partition coefficient (Wildman–Crippen LogP) is 4.61. The Kier molecular flexibility index (Phi) is 5.93. The SMILES string of the molecule is CCOC(=O)C1=CC=C(c2ccc([N+](=O)[O-])cc2)SC1Nc1ccccc1. The van der Waals surface area contributed by atoms with Crippen LogP contribution in [0.2, 0.25) is 0 Å². The molecule has 2 aromatic rings. The van der Waals surface area contributed by atoms with Crippen LogP contribution in [0.15, 0.2) is 72.3 Å². The van der Waals surface area contributed by atoms with E-state index in [1.165, 1.54) is 23.9 Å². The molecule has 0 aromatic heterocycles. The molecule has 3 rings (SSSR count). The van der Waals surface area contributed by atoms with Crippen molar-refractivity contribution in [2.24, 2.45) is 0 Å². The van der Waals surface area contributed by atoms with Crippen LogP contribution < -0.4 is 5.32 Å². The van der Waals surface area contributed by atoms with Crippen LogP contribution in [0.1, 0.15) is 12.5 Å². The maximum atomic E-state index is 12.3. The lowest BCUT2D eigenvalue weighted by Crippen LogP contribution is -2.26. The normalized spacial score (nSPS) is 16.1. The van der Waals surface area contributed by atoms with Gasteiger partial charge in [-0.2, -0.15) is 0 Å². The highest BCUT2D eigenvalue weighted by atomic mass is 32.2. The van der Waals surface area contributed by atoms with Crippen molar-refractivity contribution in [3.8, 4) is 0 Å². The van der Waals surface area contributed by atoms with Crippen molar-refractivity contribution in [3.63, 3.8) is 0 Å². The monoisotopic (exact) mass is 382 g/mol. The van der Waals surface area contributed by atoms with Crippen LogP contribution in [-0.4, -0.2) is 22.9 Å². The molecule has 0 amide bonds. The number of ether oxygens (including phenoxy) is 1. The number of carbonyl (C=O) groups is 1. The van der Waals surface area contributed by atoms with Gasteiger partial charge in [0, 0.05) is 22.7 Å². The summed E-state index contributed by atoms with van der Waals surface area (Å²) in [5, 5.41) is 13.9. The summed E-state index contributed by atoms with van der Waals surface area (Å²) in [5.41, 5.74) is 2.30. The van der Waals surface area contributed by atoms with Crippen LogP contribution in [0, 0.1) is 10.1 Å². The standard InChI is InChI=1S/C20H18N2O4S/c1-2-26-20(23)17-12-13-18(14-8-10-16(11-9-14)22(24)25)27-19(17)21-15-6-4-3-5-7-15/h3-13,19,21H,2H2,1H3. The lowest BCUT2D eigenvalue weighted by Gasteiger charge is -2.25. The highest BCUT2D eigenvalue weighted by molar-refractivity contribution is 8.09. The Bertz CT molecular complexity index is 892. The van der Waals surface area contributed by atoms with Crippen LogP contribution in [0.3, 0.4) is 0 Å². The zero-order chi connectivity index (χ0) is 19.2. The van der Waals surface area contributed by atoms with E-state index in [4.69, 9.17) is 4.74 Å². The van der Waals surface area contributed by atoms with E-state index in [-0.39, 0.29) is 17.0 Å². The average molecular weight is 382 g/mol. The summed E-state index contributed by atoms with van der Waals surface area (Å²) in [6.45, 7) is 2.07. The van der Waals surface area contributed by atoms with Crippen LogP contribution in [0.5, 0.6) is 0 Å². The Hall–Kier alpha value is -3.06. The number of non-ortho nitro benzene ring substituents is 1. The maximum Gasteiger partial charge on any atom is 0.337 e. The number of anilines is 1. The first-order valence-electron chi connectivity index (χ1n) is 8.40. The summed E-state index contributed by atoms with van der Waals surface area (Å²) in [6, 6.07) is 16.0. The Balaban J connectivity index is 1.88. The number of nitro benzene ring substituents is 1. The molecule has 1 aliphatic rings. The largest absolute Gasteiger partial charge is 0.463 e. The van der Waals surface area contributed by atoms with E-state index in [0.717, 1.165) is 16.2 Å². The predicted molar refractivity (Wildman–Crippen MR) is 107 cm³/mol. The number of rotatable bonds is 6. The molecule has 0 spiro atoms. The van der Waals surface area contributed by atoms with Gasteiger partial charge < -0.3 is 10.1 Å².